The molecule has 8 heteroatoms. The summed E-state index contributed by atoms with van der Waals surface area (Å²) in [7, 11) is 0. The van der Waals surface area contributed by atoms with Crippen LogP contribution in [-0.2, 0) is 11.2 Å². The number of nitrogens with one attached hydrogen (secondary N) is 1. The molecular weight excluding hydrogens is 446 g/mol. The van der Waals surface area contributed by atoms with Crippen molar-refractivity contribution in [2.24, 2.45) is 0 Å². The van der Waals surface area contributed by atoms with Crippen molar-refractivity contribution in [2.45, 2.75) is 26.2 Å². The molecule has 0 atom stereocenters. The number of carbonyl (C=O) groups excluding carboxylic acids is 2. The molecule has 0 spiro atoms. The van der Waals surface area contributed by atoms with Crippen LogP contribution < -0.4 is 10.1 Å². The van der Waals surface area contributed by atoms with Gasteiger partial charge in [0.1, 0.15) is 10.8 Å². The summed E-state index contributed by atoms with van der Waals surface area (Å²) >= 11 is 7.60. The Hall–Kier alpha value is -2.90. The van der Waals surface area contributed by atoms with Gasteiger partial charge in [-0.25, -0.2) is 4.98 Å². The van der Waals surface area contributed by atoms with Gasteiger partial charge >= 0.3 is 0 Å². The first-order valence-corrected chi connectivity index (χ1v) is 11.9. The summed E-state index contributed by atoms with van der Waals surface area (Å²) in [5, 5.41) is 5.98. The lowest BCUT2D eigenvalue weighted by Crippen LogP contribution is -2.29. The molecule has 1 aliphatic rings. The lowest BCUT2D eigenvalue weighted by Gasteiger charge is -2.18. The molecule has 166 valence electrons. The van der Waals surface area contributed by atoms with Crippen LogP contribution in [0.5, 0.6) is 5.75 Å². The highest BCUT2D eigenvalue weighted by atomic mass is 35.5. The third kappa shape index (κ3) is 5.11. The van der Waals surface area contributed by atoms with E-state index in [1.54, 1.807) is 23.1 Å². The lowest BCUT2D eigenvalue weighted by molar-refractivity contribution is -0.115. The Morgan fingerprint density at radius 2 is 1.97 bits per heavy atom. The molecule has 1 saturated heterocycles. The number of carbonyl (C=O) groups is 2. The van der Waals surface area contributed by atoms with Crippen LogP contribution in [0.3, 0.4) is 0 Å². The van der Waals surface area contributed by atoms with E-state index in [2.05, 4.69) is 10.3 Å². The van der Waals surface area contributed by atoms with E-state index in [0.717, 1.165) is 42.3 Å². The topological polar surface area (TPSA) is 71.5 Å². The van der Waals surface area contributed by atoms with Crippen molar-refractivity contribution in [3.8, 4) is 16.3 Å². The molecule has 6 nitrogen and oxygen atoms in total. The first-order chi connectivity index (χ1) is 15.5. The summed E-state index contributed by atoms with van der Waals surface area (Å²) in [6.07, 6.45) is 2.09. The molecule has 2 heterocycles. The zero-order valence-corrected chi connectivity index (χ0v) is 19.3. The summed E-state index contributed by atoms with van der Waals surface area (Å²) in [5.74, 6) is 0.431. The van der Waals surface area contributed by atoms with E-state index >= 15 is 0 Å². The minimum absolute atomic E-state index is 0.0852. The van der Waals surface area contributed by atoms with Gasteiger partial charge in [0, 0.05) is 23.5 Å². The van der Waals surface area contributed by atoms with E-state index in [9.17, 15) is 9.59 Å². The van der Waals surface area contributed by atoms with Crippen molar-refractivity contribution in [3.05, 3.63) is 64.1 Å². The summed E-state index contributed by atoms with van der Waals surface area (Å²) in [6.45, 7) is 3.97. The Bertz CT molecular complexity index is 1130. The van der Waals surface area contributed by atoms with Gasteiger partial charge in [-0.1, -0.05) is 23.7 Å². The Labute approximate surface area is 196 Å². The number of hydrogen-bond acceptors (Lipinski definition) is 5. The average Bonchev–Trinajstić information content (AvgIpc) is 3.46. The number of benzene rings is 2. The summed E-state index contributed by atoms with van der Waals surface area (Å²) in [4.78, 5) is 32.1. The molecular formula is C24H24ClN3O3S. The highest BCUT2D eigenvalue weighted by molar-refractivity contribution is 7.13. The minimum atomic E-state index is -0.252. The van der Waals surface area contributed by atoms with Gasteiger partial charge in [-0.2, -0.15) is 0 Å². The number of nitrogens with zero attached hydrogens (tertiary/aromatic N) is 2. The number of aromatic nitrogens is 1. The van der Waals surface area contributed by atoms with Gasteiger partial charge < -0.3 is 15.0 Å². The van der Waals surface area contributed by atoms with Gasteiger partial charge in [0.05, 0.1) is 35.5 Å². The number of amides is 2. The zero-order chi connectivity index (χ0) is 22.5. The normalized spacial score (nSPS) is 13.2. The van der Waals surface area contributed by atoms with Crippen molar-refractivity contribution in [1.82, 2.24) is 9.88 Å². The fraction of sp³-hybridized carbons (Fsp3) is 0.292. The largest absolute Gasteiger partial charge is 0.493 e. The second-order valence-corrected chi connectivity index (χ2v) is 8.78. The fourth-order valence-electron chi connectivity index (χ4n) is 3.69. The van der Waals surface area contributed by atoms with Crippen molar-refractivity contribution in [1.29, 1.82) is 0 Å². The van der Waals surface area contributed by atoms with Crippen LogP contribution in [0, 0.1) is 0 Å². The molecule has 0 radical (unpaired) electrons. The van der Waals surface area contributed by atoms with Gasteiger partial charge in [-0.05, 0) is 50.1 Å². The molecule has 0 unspecified atom stereocenters. The SMILES string of the molecule is CCOc1ccccc1-c1nc(CC(=O)Nc2cc(Cl)ccc2C(=O)N2CCCC2)cs1. The quantitative estimate of drug-likeness (QED) is 0.511. The number of thiazole rings is 1. The highest BCUT2D eigenvalue weighted by Crippen LogP contribution is 2.32. The van der Waals surface area contributed by atoms with Gasteiger partial charge in [0.2, 0.25) is 5.91 Å². The Balaban J connectivity index is 1.48. The maximum absolute atomic E-state index is 12.9. The molecule has 4 rings (SSSR count). The molecule has 1 aliphatic heterocycles. The van der Waals surface area contributed by atoms with Crippen LogP contribution in [0.1, 0.15) is 35.8 Å². The van der Waals surface area contributed by atoms with Crippen LogP contribution in [0.2, 0.25) is 5.02 Å². The van der Waals surface area contributed by atoms with Crippen LogP contribution in [0.25, 0.3) is 10.6 Å². The summed E-state index contributed by atoms with van der Waals surface area (Å²) < 4.78 is 5.69. The predicted molar refractivity (Wildman–Crippen MR) is 128 cm³/mol. The highest BCUT2D eigenvalue weighted by Gasteiger charge is 2.23. The van der Waals surface area contributed by atoms with E-state index in [-0.39, 0.29) is 18.2 Å². The maximum Gasteiger partial charge on any atom is 0.255 e. The molecule has 0 aliphatic carbocycles. The number of likely N-dealkylation sites (tertiary alicyclic amines) is 1. The first-order valence-electron chi connectivity index (χ1n) is 10.6. The Morgan fingerprint density at radius 3 is 2.75 bits per heavy atom. The Morgan fingerprint density at radius 1 is 1.19 bits per heavy atom. The molecule has 0 saturated carbocycles. The monoisotopic (exact) mass is 469 g/mol. The fourth-order valence-corrected chi connectivity index (χ4v) is 4.71. The summed E-state index contributed by atoms with van der Waals surface area (Å²) in [5.41, 5.74) is 2.44. The lowest BCUT2D eigenvalue weighted by atomic mass is 10.1. The Kier molecular flexibility index (Phi) is 7.07. The molecule has 32 heavy (non-hydrogen) atoms. The molecule has 1 fully saturated rings. The first kappa shape index (κ1) is 22.3. The zero-order valence-electron chi connectivity index (χ0n) is 17.8. The van der Waals surface area contributed by atoms with Crippen LogP contribution in [0.15, 0.2) is 47.8 Å². The molecule has 2 aromatic carbocycles. The number of hydrogen-bond donors (Lipinski definition) is 1. The van der Waals surface area contributed by atoms with Crippen molar-refractivity contribution in [2.75, 3.05) is 25.0 Å². The van der Waals surface area contributed by atoms with Gasteiger partial charge in [0.25, 0.3) is 5.91 Å². The van der Waals surface area contributed by atoms with E-state index in [0.29, 0.717) is 28.6 Å². The number of anilines is 1. The third-order valence-electron chi connectivity index (χ3n) is 5.19. The van der Waals surface area contributed by atoms with Crippen molar-refractivity contribution < 1.29 is 14.3 Å². The van der Waals surface area contributed by atoms with Gasteiger partial charge in [-0.15, -0.1) is 11.3 Å². The number of para-hydroxylation sites is 1. The molecule has 3 aromatic rings. The molecule has 1 N–H and O–H groups in total. The summed E-state index contributed by atoms with van der Waals surface area (Å²) in [6, 6.07) is 12.7. The molecule has 2 amide bonds. The smallest absolute Gasteiger partial charge is 0.255 e. The van der Waals surface area contributed by atoms with Gasteiger partial charge in [-0.3, -0.25) is 9.59 Å². The van der Waals surface area contributed by atoms with Crippen LogP contribution in [0.4, 0.5) is 5.69 Å². The van der Waals surface area contributed by atoms with E-state index in [1.165, 1.54) is 11.3 Å². The number of halogens is 1. The van der Waals surface area contributed by atoms with Crippen molar-refractivity contribution >= 4 is 40.4 Å². The standard InChI is InChI=1S/C24H24ClN3O3S/c1-2-31-21-8-4-3-7-19(21)23-26-17(15-32-23)14-22(29)27-20-13-16(25)9-10-18(20)24(30)28-11-5-6-12-28/h3-4,7-10,13,15H,2,5-6,11-12,14H2,1H3,(H,27,29). The van der Waals surface area contributed by atoms with E-state index in [1.807, 2.05) is 36.6 Å². The maximum atomic E-state index is 12.9. The van der Waals surface area contributed by atoms with Gasteiger partial charge in [0.15, 0.2) is 0 Å². The second kappa shape index (κ2) is 10.1. The van der Waals surface area contributed by atoms with Crippen molar-refractivity contribution in [3.63, 3.8) is 0 Å². The van der Waals surface area contributed by atoms with E-state index < -0.39 is 0 Å². The molecule has 0 bridgehead atoms. The average molecular weight is 470 g/mol. The van der Waals surface area contributed by atoms with Crippen LogP contribution in [-0.4, -0.2) is 41.4 Å². The minimum Gasteiger partial charge on any atom is -0.493 e. The second-order valence-electron chi connectivity index (χ2n) is 7.49. The van der Waals surface area contributed by atoms with E-state index in [4.69, 9.17) is 16.3 Å². The third-order valence-corrected chi connectivity index (χ3v) is 6.35. The number of rotatable bonds is 7. The predicted octanol–water partition coefficient (Wildman–Crippen LogP) is 5.28. The molecule has 1 aromatic heterocycles. The number of ether oxygens (including phenoxy) is 1. The van der Waals surface area contributed by atoms with Crippen LogP contribution >= 0.6 is 22.9 Å².